The molecule has 3 nitrogen and oxygen atoms in total. The van der Waals surface area contributed by atoms with Gasteiger partial charge in [0.1, 0.15) is 17.1 Å². The maximum absolute atomic E-state index is 14.2. The summed E-state index contributed by atoms with van der Waals surface area (Å²) >= 11 is 5.85. The summed E-state index contributed by atoms with van der Waals surface area (Å²) in [6, 6.07) is 10.2. The van der Waals surface area contributed by atoms with Crippen LogP contribution in [0.25, 0.3) is 11.3 Å². The first-order valence-electron chi connectivity index (χ1n) is 6.36. The lowest BCUT2D eigenvalue weighted by Gasteiger charge is -2.23. The van der Waals surface area contributed by atoms with E-state index >= 15 is 0 Å². The summed E-state index contributed by atoms with van der Waals surface area (Å²) in [7, 11) is 0. The summed E-state index contributed by atoms with van der Waals surface area (Å²) in [4.78, 5) is 4.17. The zero-order valence-corrected chi connectivity index (χ0v) is 11.4. The van der Waals surface area contributed by atoms with E-state index in [1.54, 1.807) is 24.3 Å². The average molecular weight is 294 g/mol. The molecule has 0 saturated carbocycles. The van der Waals surface area contributed by atoms with Crippen LogP contribution in [0, 0.1) is 5.82 Å². The fourth-order valence-electron chi connectivity index (χ4n) is 2.18. The Balaban J connectivity index is 1.90. The summed E-state index contributed by atoms with van der Waals surface area (Å²) in [5.74, 6) is -0.320. The van der Waals surface area contributed by atoms with E-state index in [2.05, 4.69) is 4.98 Å². The number of ether oxygens (including phenoxy) is 2. The largest absolute Gasteiger partial charge is 0.376 e. The molecule has 1 aromatic heterocycles. The van der Waals surface area contributed by atoms with Crippen molar-refractivity contribution in [2.45, 2.75) is 6.10 Å². The number of pyridine rings is 1. The first kappa shape index (κ1) is 13.5. The molecule has 2 heterocycles. The Bertz CT molecular complexity index is 615. The molecular formula is C15H13ClFNO2. The lowest BCUT2D eigenvalue weighted by Crippen LogP contribution is -2.22. The SMILES string of the molecule is Fc1cc(-c2cccc(Cl)n2)ccc1C1COCCO1. The summed E-state index contributed by atoms with van der Waals surface area (Å²) in [6.45, 7) is 1.43. The topological polar surface area (TPSA) is 31.4 Å². The summed E-state index contributed by atoms with van der Waals surface area (Å²) < 4.78 is 25.0. The van der Waals surface area contributed by atoms with Crippen molar-refractivity contribution in [2.75, 3.05) is 19.8 Å². The van der Waals surface area contributed by atoms with Gasteiger partial charge in [-0.3, -0.25) is 0 Å². The van der Waals surface area contributed by atoms with Crippen molar-refractivity contribution in [3.63, 3.8) is 0 Å². The fourth-order valence-corrected chi connectivity index (χ4v) is 2.35. The highest BCUT2D eigenvalue weighted by atomic mass is 35.5. The van der Waals surface area contributed by atoms with Crippen molar-refractivity contribution >= 4 is 11.6 Å². The molecule has 0 radical (unpaired) electrons. The van der Waals surface area contributed by atoms with E-state index in [1.165, 1.54) is 6.07 Å². The van der Waals surface area contributed by atoms with Gasteiger partial charge in [0.05, 0.1) is 25.5 Å². The average Bonchev–Trinajstić information content (AvgIpc) is 2.48. The molecule has 0 bridgehead atoms. The van der Waals surface area contributed by atoms with Gasteiger partial charge in [-0.15, -0.1) is 0 Å². The van der Waals surface area contributed by atoms with Crippen LogP contribution in [0.5, 0.6) is 0 Å². The van der Waals surface area contributed by atoms with E-state index < -0.39 is 0 Å². The zero-order valence-electron chi connectivity index (χ0n) is 10.7. The normalized spacial score (nSPS) is 19.0. The number of halogens is 2. The molecule has 1 aromatic carbocycles. The van der Waals surface area contributed by atoms with Gasteiger partial charge < -0.3 is 9.47 Å². The number of rotatable bonds is 2. The molecule has 1 aliphatic heterocycles. The van der Waals surface area contributed by atoms with Gasteiger partial charge in [0.25, 0.3) is 0 Å². The Hall–Kier alpha value is -1.49. The predicted molar refractivity (Wildman–Crippen MR) is 74.2 cm³/mol. The van der Waals surface area contributed by atoms with Crippen LogP contribution in [0.2, 0.25) is 5.15 Å². The van der Waals surface area contributed by atoms with Crippen LogP contribution in [0.15, 0.2) is 36.4 Å². The summed E-state index contributed by atoms with van der Waals surface area (Å²) in [6.07, 6.45) is -0.342. The Kier molecular flexibility index (Phi) is 3.96. The molecule has 3 rings (SSSR count). The van der Waals surface area contributed by atoms with E-state index in [1.807, 2.05) is 6.07 Å². The molecule has 1 unspecified atom stereocenters. The van der Waals surface area contributed by atoms with E-state index in [4.69, 9.17) is 21.1 Å². The first-order valence-corrected chi connectivity index (χ1v) is 6.73. The summed E-state index contributed by atoms with van der Waals surface area (Å²) in [5, 5.41) is 0.385. The Labute approximate surface area is 121 Å². The lowest BCUT2D eigenvalue weighted by atomic mass is 10.0. The Morgan fingerprint density at radius 3 is 2.80 bits per heavy atom. The summed E-state index contributed by atoms with van der Waals surface area (Å²) in [5.41, 5.74) is 1.84. The molecule has 104 valence electrons. The van der Waals surface area contributed by atoms with Crippen LogP contribution in [-0.2, 0) is 9.47 Å². The second kappa shape index (κ2) is 5.87. The smallest absolute Gasteiger partial charge is 0.129 e. The van der Waals surface area contributed by atoms with Crippen molar-refractivity contribution in [1.82, 2.24) is 4.98 Å². The van der Waals surface area contributed by atoms with Gasteiger partial charge >= 0.3 is 0 Å². The molecule has 20 heavy (non-hydrogen) atoms. The Morgan fingerprint density at radius 1 is 1.20 bits per heavy atom. The van der Waals surface area contributed by atoms with Crippen molar-refractivity contribution < 1.29 is 13.9 Å². The minimum atomic E-state index is -0.342. The van der Waals surface area contributed by atoms with Crippen molar-refractivity contribution in [3.8, 4) is 11.3 Å². The molecule has 1 aliphatic rings. The van der Waals surface area contributed by atoms with Gasteiger partial charge in [-0.05, 0) is 18.2 Å². The quantitative estimate of drug-likeness (QED) is 0.792. The fraction of sp³-hybridized carbons (Fsp3) is 0.267. The van der Waals surface area contributed by atoms with Gasteiger partial charge in [-0.2, -0.15) is 0 Å². The molecular weight excluding hydrogens is 281 g/mol. The second-order valence-corrected chi connectivity index (χ2v) is 4.90. The van der Waals surface area contributed by atoms with Gasteiger partial charge in [0.15, 0.2) is 0 Å². The predicted octanol–water partition coefficient (Wildman–Crippen LogP) is 3.63. The first-order chi connectivity index (χ1) is 9.74. The Morgan fingerprint density at radius 2 is 2.10 bits per heavy atom. The minimum Gasteiger partial charge on any atom is -0.376 e. The van der Waals surface area contributed by atoms with Crippen molar-refractivity contribution in [1.29, 1.82) is 0 Å². The highest BCUT2D eigenvalue weighted by Crippen LogP contribution is 2.27. The second-order valence-electron chi connectivity index (χ2n) is 4.52. The van der Waals surface area contributed by atoms with Gasteiger partial charge in [-0.1, -0.05) is 29.8 Å². The van der Waals surface area contributed by atoms with Crippen LogP contribution in [0.4, 0.5) is 4.39 Å². The van der Waals surface area contributed by atoms with Gasteiger partial charge in [-0.25, -0.2) is 9.37 Å². The number of nitrogens with zero attached hydrogens (tertiary/aromatic N) is 1. The van der Waals surface area contributed by atoms with Gasteiger partial charge in [0.2, 0.25) is 0 Å². The monoisotopic (exact) mass is 293 g/mol. The van der Waals surface area contributed by atoms with Crippen LogP contribution in [0.1, 0.15) is 11.7 Å². The molecule has 1 saturated heterocycles. The van der Waals surface area contributed by atoms with E-state index in [9.17, 15) is 4.39 Å². The highest BCUT2D eigenvalue weighted by molar-refractivity contribution is 6.29. The molecule has 2 aromatic rings. The molecule has 5 heteroatoms. The van der Waals surface area contributed by atoms with Crippen LogP contribution >= 0.6 is 11.6 Å². The number of hydrogen-bond acceptors (Lipinski definition) is 3. The molecule has 0 N–H and O–H groups in total. The van der Waals surface area contributed by atoms with Crippen LogP contribution < -0.4 is 0 Å². The minimum absolute atomic E-state index is 0.320. The van der Waals surface area contributed by atoms with Gasteiger partial charge in [0, 0.05) is 11.1 Å². The van der Waals surface area contributed by atoms with Crippen LogP contribution in [0.3, 0.4) is 0 Å². The highest BCUT2D eigenvalue weighted by Gasteiger charge is 2.20. The standard InChI is InChI=1S/C15H13ClFNO2/c16-15-3-1-2-13(18-15)10-4-5-11(12(17)8-10)14-9-19-6-7-20-14/h1-5,8,14H,6-7,9H2. The zero-order chi connectivity index (χ0) is 13.9. The molecule has 0 aliphatic carbocycles. The third-order valence-electron chi connectivity index (χ3n) is 3.17. The van der Waals surface area contributed by atoms with E-state index in [0.717, 1.165) is 0 Å². The molecule has 1 fully saturated rings. The maximum Gasteiger partial charge on any atom is 0.129 e. The third kappa shape index (κ3) is 2.82. The van der Waals surface area contributed by atoms with Crippen molar-refractivity contribution in [2.24, 2.45) is 0 Å². The number of aromatic nitrogens is 1. The molecule has 1 atom stereocenters. The van der Waals surface area contributed by atoms with E-state index in [-0.39, 0.29) is 11.9 Å². The van der Waals surface area contributed by atoms with Crippen molar-refractivity contribution in [3.05, 3.63) is 52.9 Å². The lowest BCUT2D eigenvalue weighted by molar-refractivity contribution is -0.0913. The maximum atomic E-state index is 14.2. The third-order valence-corrected chi connectivity index (χ3v) is 3.38. The number of hydrogen-bond donors (Lipinski definition) is 0. The van der Waals surface area contributed by atoms with Crippen LogP contribution in [-0.4, -0.2) is 24.8 Å². The van der Waals surface area contributed by atoms with E-state index in [0.29, 0.717) is 41.8 Å². The molecule has 0 amide bonds. The number of benzene rings is 1. The molecule has 0 spiro atoms.